The highest BCUT2D eigenvalue weighted by atomic mass is 79.9. The summed E-state index contributed by atoms with van der Waals surface area (Å²) in [6.45, 7) is 0. The van der Waals surface area contributed by atoms with E-state index in [4.69, 9.17) is 11.6 Å². The Morgan fingerprint density at radius 1 is 1.16 bits per heavy atom. The number of carbonyl (C=O) groups is 1. The van der Waals surface area contributed by atoms with E-state index < -0.39 is 21.4 Å². The molecular formula is C12H8BrClO3S2. The lowest BCUT2D eigenvalue weighted by Gasteiger charge is -2.03. The fourth-order valence-corrected chi connectivity index (χ4v) is 4.19. The summed E-state index contributed by atoms with van der Waals surface area (Å²) in [5.74, 6) is -0.952. The third-order valence-electron chi connectivity index (χ3n) is 2.34. The molecule has 0 aliphatic carbocycles. The number of carbonyl (C=O) groups excluding carboxylic acids is 1. The molecule has 0 aliphatic rings. The van der Waals surface area contributed by atoms with Crippen molar-refractivity contribution in [1.29, 1.82) is 0 Å². The summed E-state index contributed by atoms with van der Waals surface area (Å²) < 4.78 is 24.9. The molecule has 1 aromatic carbocycles. The highest BCUT2D eigenvalue weighted by molar-refractivity contribution is 9.11. The first-order chi connectivity index (χ1) is 8.88. The summed E-state index contributed by atoms with van der Waals surface area (Å²) in [7, 11) is -3.63. The van der Waals surface area contributed by atoms with Crippen molar-refractivity contribution >= 4 is 54.5 Å². The number of ketones is 1. The zero-order chi connectivity index (χ0) is 14.0. The molecule has 0 fully saturated rings. The van der Waals surface area contributed by atoms with E-state index in [2.05, 4.69) is 15.9 Å². The lowest BCUT2D eigenvalue weighted by molar-refractivity contribution is 0.102. The molecule has 0 saturated heterocycles. The van der Waals surface area contributed by atoms with E-state index in [0.717, 1.165) is 3.79 Å². The fourth-order valence-electron chi connectivity index (χ4n) is 1.43. The molecule has 100 valence electrons. The van der Waals surface area contributed by atoms with Gasteiger partial charge in [0.05, 0.1) is 13.6 Å². The molecule has 0 saturated carbocycles. The van der Waals surface area contributed by atoms with Crippen LogP contribution >= 0.6 is 38.9 Å². The summed E-state index contributed by atoms with van der Waals surface area (Å²) in [6, 6.07) is 9.09. The number of thiophene rings is 1. The predicted octanol–water partition coefficient (Wildman–Crippen LogP) is 3.82. The summed E-state index contributed by atoms with van der Waals surface area (Å²) in [4.78, 5) is 12.4. The molecule has 2 aromatic rings. The Hall–Kier alpha value is -0.690. The minimum atomic E-state index is -3.63. The smallest absolute Gasteiger partial charge is 0.188 e. The number of sulfone groups is 1. The van der Waals surface area contributed by atoms with Crippen molar-refractivity contribution < 1.29 is 13.2 Å². The van der Waals surface area contributed by atoms with Gasteiger partial charge in [0.15, 0.2) is 15.6 Å². The SMILES string of the molecule is O=C(CS(=O)(=O)c1ccc(Cl)cc1)c1ccc(Br)s1. The summed E-state index contributed by atoms with van der Waals surface area (Å²) in [5.41, 5.74) is 0. The van der Waals surface area contributed by atoms with Crippen LogP contribution < -0.4 is 0 Å². The average molecular weight is 380 g/mol. The van der Waals surface area contributed by atoms with Crippen molar-refractivity contribution in [2.24, 2.45) is 0 Å². The second kappa shape index (κ2) is 5.75. The zero-order valence-corrected chi connectivity index (χ0v) is 13.4. The largest absolute Gasteiger partial charge is 0.292 e. The first-order valence-electron chi connectivity index (χ1n) is 5.15. The number of halogens is 2. The lowest BCUT2D eigenvalue weighted by atomic mass is 10.3. The van der Waals surface area contributed by atoms with E-state index in [9.17, 15) is 13.2 Å². The molecule has 0 N–H and O–H groups in total. The van der Waals surface area contributed by atoms with Crippen molar-refractivity contribution in [3.8, 4) is 0 Å². The van der Waals surface area contributed by atoms with Gasteiger partial charge in [0.2, 0.25) is 0 Å². The molecule has 3 nitrogen and oxygen atoms in total. The summed E-state index contributed by atoms with van der Waals surface area (Å²) in [6.07, 6.45) is 0. The van der Waals surface area contributed by atoms with Gasteiger partial charge >= 0.3 is 0 Å². The van der Waals surface area contributed by atoms with Gasteiger partial charge in [-0.2, -0.15) is 0 Å². The monoisotopic (exact) mass is 378 g/mol. The average Bonchev–Trinajstić information content (AvgIpc) is 2.76. The van der Waals surface area contributed by atoms with Crippen LogP contribution in [0.2, 0.25) is 5.02 Å². The standard InChI is InChI=1S/C12H8BrClO3S2/c13-12-6-5-11(18-12)10(15)7-19(16,17)9-3-1-8(14)2-4-9/h1-6H,7H2. The molecule has 0 atom stereocenters. The van der Waals surface area contributed by atoms with E-state index in [-0.39, 0.29) is 4.90 Å². The molecule has 0 unspecified atom stereocenters. The van der Waals surface area contributed by atoms with Gasteiger partial charge in [-0.1, -0.05) is 11.6 Å². The van der Waals surface area contributed by atoms with Crippen LogP contribution in [0.15, 0.2) is 45.1 Å². The van der Waals surface area contributed by atoms with Crippen molar-refractivity contribution in [2.75, 3.05) is 5.75 Å². The lowest BCUT2D eigenvalue weighted by Crippen LogP contribution is -2.15. The van der Waals surface area contributed by atoms with Crippen molar-refractivity contribution in [3.63, 3.8) is 0 Å². The molecule has 0 amide bonds. The molecular weight excluding hydrogens is 372 g/mol. The van der Waals surface area contributed by atoms with Crippen molar-refractivity contribution in [1.82, 2.24) is 0 Å². The molecule has 0 radical (unpaired) electrons. The minimum Gasteiger partial charge on any atom is -0.292 e. The molecule has 19 heavy (non-hydrogen) atoms. The van der Waals surface area contributed by atoms with Crippen LogP contribution in [0.3, 0.4) is 0 Å². The Morgan fingerprint density at radius 2 is 1.79 bits per heavy atom. The zero-order valence-electron chi connectivity index (χ0n) is 9.47. The molecule has 1 heterocycles. The second-order valence-corrected chi connectivity index (χ2v) is 8.63. The Balaban J connectivity index is 2.22. The second-order valence-electron chi connectivity index (χ2n) is 3.74. The maximum atomic E-state index is 12.1. The van der Waals surface area contributed by atoms with Crippen LogP contribution in [0.5, 0.6) is 0 Å². The maximum Gasteiger partial charge on any atom is 0.188 e. The Morgan fingerprint density at radius 3 is 2.32 bits per heavy atom. The molecule has 7 heteroatoms. The number of hydrogen-bond donors (Lipinski definition) is 0. The molecule has 0 bridgehead atoms. The third kappa shape index (κ3) is 3.66. The number of Topliss-reactive ketones (excluding diaryl/α,β-unsaturated/α-hetero) is 1. The van der Waals surface area contributed by atoms with Crippen LogP contribution in [0.4, 0.5) is 0 Å². The first kappa shape index (κ1) is 14.7. The van der Waals surface area contributed by atoms with Gasteiger partial charge in [0.25, 0.3) is 0 Å². The van der Waals surface area contributed by atoms with E-state index >= 15 is 0 Å². The van der Waals surface area contributed by atoms with Crippen LogP contribution in [0.25, 0.3) is 0 Å². The van der Waals surface area contributed by atoms with Gasteiger partial charge in [0, 0.05) is 5.02 Å². The number of rotatable bonds is 4. The Kier molecular flexibility index (Phi) is 4.45. The molecule has 2 rings (SSSR count). The maximum absolute atomic E-state index is 12.1. The van der Waals surface area contributed by atoms with E-state index in [1.807, 2.05) is 0 Å². The summed E-state index contributed by atoms with van der Waals surface area (Å²) >= 11 is 10.2. The molecule has 0 aliphatic heterocycles. The predicted molar refractivity (Wildman–Crippen MR) is 79.9 cm³/mol. The number of benzene rings is 1. The van der Waals surface area contributed by atoms with E-state index in [1.165, 1.54) is 35.6 Å². The van der Waals surface area contributed by atoms with Crippen LogP contribution in [0, 0.1) is 0 Å². The van der Waals surface area contributed by atoms with Crippen molar-refractivity contribution in [3.05, 3.63) is 50.1 Å². The quantitative estimate of drug-likeness (QED) is 0.759. The van der Waals surface area contributed by atoms with Crippen LogP contribution in [-0.4, -0.2) is 20.0 Å². The summed E-state index contributed by atoms with van der Waals surface area (Å²) in [5, 5.41) is 0.451. The molecule has 1 aromatic heterocycles. The van der Waals surface area contributed by atoms with Gasteiger partial charge in [-0.25, -0.2) is 8.42 Å². The minimum absolute atomic E-state index is 0.0980. The highest BCUT2D eigenvalue weighted by Crippen LogP contribution is 2.24. The van der Waals surface area contributed by atoms with Crippen LogP contribution in [0.1, 0.15) is 9.67 Å². The van der Waals surface area contributed by atoms with Gasteiger partial charge in [-0.05, 0) is 52.3 Å². The van der Waals surface area contributed by atoms with Crippen molar-refractivity contribution in [2.45, 2.75) is 4.90 Å². The van der Waals surface area contributed by atoms with Gasteiger partial charge in [0.1, 0.15) is 5.75 Å². The van der Waals surface area contributed by atoms with E-state index in [1.54, 1.807) is 12.1 Å². The third-order valence-corrected chi connectivity index (χ3v) is 5.89. The van der Waals surface area contributed by atoms with Gasteiger partial charge in [-0.15, -0.1) is 11.3 Å². The first-order valence-corrected chi connectivity index (χ1v) is 8.79. The number of hydrogen-bond acceptors (Lipinski definition) is 4. The normalized spacial score (nSPS) is 11.5. The molecule has 0 spiro atoms. The van der Waals surface area contributed by atoms with Crippen LogP contribution in [-0.2, 0) is 9.84 Å². The fraction of sp³-hybridized carbons (Fsp3) is 0.0833. The Labute approximate surface area is 128 Å². The topological polar surface area (TPSA) is 51.2 Å². The highest BCUT2D eigenvalue weighted by Gasteiger charge is 2.21. The van der Waals surface area contributed by atoms with Gasteiger partial charge in [-0.3, -0.25) is 4.79 Å². The van der Waals surface area contributed by atoms with Gasteiger partial charge < -0.3 is 0 Å². The van der Waals surface area contributed by atoms with E-state index in [0.29, 0.717) is 9.90 Å². The Bertz CT molecular complexity index is 705.